The third kappa shape index (κ3) is 2.33. The molecule has 0 aliphatic rings. The van der Waals surface area contributed by atoms with Crippen LogP contribution in [0.25, 0.3) is 0 Å². The van der Waals surface area contributed by atoms with Crippen molar-refractivity contribution in [1.29, 1.82) is 0 Å². The summed E-state index contributed by atoms with van der Waals surface area (Å²) < 4.78 is 1.86. The molecule has 0 spiro atoms. The van der Waals surface area contributed by atoms with Gasteiger partial charge in [-0.05, 0) is 24.3 Å². The molecule has 1 heterocycles. The Balaban J connectivity index is 2.41. The summed E-state index contributed by atoms with van der Waals surface area (Å²) in [6.45, 7) is 0. The van der Waals surface area contributed by atoms with E-state index in [9.17, 15) is 5.11 Å². The molecule has 15 heavy (non-hydrogen) atoms. The van der Waals surface area contributed by atoms with Gasteiger partial charge >= 0.3 is 0 Å². The van der Waals surface area contributed by atoms with Crippen molar-refractivity contribution in [2.45, 2.75) is 6.10 Å². The molecule has 0 aliphatic carbocycles. The molecule has 2 nitrogen and oxygen atoms in total. The Morgan fingerprint density at radius 3 is 2.67 bits per heavy atom. The molecule has 0 saturated heterocycles. The fourth-order valence-corrected chi connectivity index (χ4v) is 2.25. The number of aliphatic hydroxyl groups excluding tert-OH is 1. The van der Waals surface area contributed by atoms with Crippen molar-refractivity contribution in [2.75, 3.05) is 0 Å². The van der Waals surface area contributed by atoms with E-state index in [1.165, 1.54) is 0 Å². The Hall–Kier alpha value is -0.580. The molecule has 78 valence electrons. The average molecular weight is 331 g/mol. The fourth-order valence-electron chi connectivity index (χ4n) is 1.41. The van der Waals surface area contributed by atoms with Crippen molar-refractivity contribution < 1.29 is 5.11 Å². The number of nitrogens with one attached hydrogen (secondary N) is 1. The first-order chi connectivity index (χ1) is 7.18. The Morgan fingerprint density at radius 1 is 1.20 bits per heavy atom. The van der Waals surface area contributed by atoms with Gasteiger partial charge < -0.3 is 10.1 Å². The first kappa shape index (κ1) is 10.9. The molecule has 0 aliphatic heterocycles. The molecule has 1 unspecified atom stereocenters. The predicted molar refractivity (Wildman–Crippen MR) is 66.7 cm³/mol. The van der Waals surface area contributed by atoms with Crippen LogP contribution in [-0.4, -0.2) is 10.1 Å². The first-order valence-corrected chi connectivity index (χ1v) is 6.03. The molecule has 2 aromatic rings. The van der Waals surface area contributed by atoms with Gasteiger partial charge in [0.05, 0.1) is 0 Å². The minimum absolute atomic E-state index is 0.608. The fraction of sp³-hybridized carbons (Fsp3) is 0.0909. The van der Waals surface area contributed by atoms with Gasteiger partial charge in [0.2, 0.25) is 0 Å². The molecule has 2 rings (SSSR count). The summed E-state index contributed by atoms with van der Waals surface area (Å²) in [4.78, 5) is 2.93. The lowest BCUT2D eigenvalue weighted by Crippen LogP contribution is -1.99. The molecule has 2 N–H and O–H groups in total. The van der Waals surface area contributed by atoms with E-state index >= 15 is 0 Å². The van der Waals surface area contributed by atoms with Gasteiger partial charge in [0.1, 0.15) is 6.10 Å². The summed E-state index contributed by atoms with van der Waals surface area (Å²) in [7, 11) is 0. The van der Waals surface area contributed by atoms with Gasteiger partial charge in [0.25, 0.3) is 0 Å². The molecule has 0 radical (unpaired) electrons. The van der Waals surface area contributed by atoms with Crippen molar-refractivity contribution in [1.82, 2.24) is 4.98 Å². The van der Waals surface area contributed by atoms with Crippen molar-refractivity contribution in [3.8, 4) is 0 Å². The molecule has 4 heteroatoms. The second-order valence-corrected chi connectivity index (χ2v) is 4.98. The Labute approximate surface area is 105 Å². The molecule has 1 aromatic carbocycles. The van der Waals surface area contributed by atoms with Crippen molar-refractivity contribution in [3.63, 3.8) is 0 Å². The standard InChI is InChI=1S/C11H9Br2NO/c12-8-1-2-10(13)9(5-8)11(15)7-3-4-14-6-7/h1-6,11,14-15H. The number of halogens is 2. The molecular formula is C11H9Br2NO. The Morgan fingerprint density at radius 2 is 2.00 bits per heavy atom. The highest BCUT2D eigenvalue weighted by Crippen LogP contribution is 2.30. The van der Waals surface area contributed by atoms with E-state index in [0.29, 0.717) is 0 Å². The normalized spacial score (nSPS) is 12.7. The van der Waals surface area contributed by atoms with Crippen LogP contribution >= 0.6 is 31.9 Å². The highest BCUT2D eigenvalue weighted by Gasteiger charge is 2.14. The number of hydrogen-bond acceptors (Lipinski definition) is 1. The van der Waals surface area contributed by atoms with E-state index in [0.717, 1.165) is 20.1 Å². The zero-order valence-electron chi connectivity index (χ0n) is 7.74. The molecule has 0 fully saturated rings. The van der Waals surface area contributed by atoms with Crippen molar-refractivity contribution in [2.24, 2.45) is 0 Å². The second-order valence-electron chi connectivity index (χ2n) is 3.21. The van der Waals surface area contributed by atoms with E-state index in [4.69, 9.17) is 0 Å². The van der Waals surface area contributed by atoms with Gasteiger partial charge in [0.15, 0.2) is 0 Å². The van der Waals surface area contributed by atoms with Crippen LogP contribution in [-0.2, 0) is 0 Å². The highest BCUT2D eigenvalue weighted by molar-refractivity contribution is 9.11. The quantitative estimate of drug-likeness (QED) is 0.866. The van der Waals surface area contributed by atoms with Crippen LogP contribution in [0.3, 0.4) is 0 Å². The topological polar surface area (TPSA) is 36.0 Å². The van der Waals surface area contributed by atoms with E-state index in [1.807, 2.05) is 24.3 Å². The number of aliphatic hydroxyl groups is 1. The summed E-state index contributed by atoms with van der Waals surface area (Å²) in [5.74, 6) is 0. The van der Waals surface area contributed by atoms with Crippen LogP contribution in [0.2, 0.25) is 0 Å². The maximum atomic E-state index is 10.1. The zero-order valence-corrected chi connectivity index (χ0v) is 10.9. The SMILES string of the molecule is OC(c1cc[nH]c1)c1cc(Br)ccc1Br. The Kier molecular flexibility index (Phi) is 3.29. The lowest BCUT2D eigenvalue weighted by atomic mass is 10.0. The van der Waals surface area contributed by atoms with Crippen LogP contribution in [0.4, 0.5) is 0 Å². The maximum absolute atomic E-state index is 10.1. The Bertz CT molecular complexity index is 454. The number of benzene rings is 1. The van der Waals surface area contributed by atoms with Crippen LogP contribution in [0.1, 0.15) is 17.2 Å². The number of H-pyrrole nitrogens is 1. The zero-order chi connectivity index (χ0) is 10.8. The first-order valence-electron chi connectivity index (χ1n) is 4.44. The third-order valence-electron chi connectivity index (χ3n) is 2.19. The van der Waals surface area contributed by atoms with Gasteiger partial charge in [-0.15, -0.1) is 0 Å². The van der Waals surface area contributed by atoms with Gasteiger partial charge in [0, 0.05) is 32.5 Å². The smallest absolute Gasteiger partial charge is 0.107 e. The van der Waals surface area contributed by atoms with Crippen molar-refractivity contribution >= 4 is 31.9 Å². The third-order valence-corrected chi connectivity index (χ3v) is 3.41. The summed E-state index contributed by atoms with van der Waals surface area (Å²) in [5.41, 5.74) is 1.71. The van der Waals surface area contributed by atoms with Crippen LogP contribution in [0.5, 0.6) is 0 Å². The summed E-state index contributed by atoms with van der Waals surface area (Å²) in [6.07, 6.45) is 2.98. The lowest BCUT2D eigenvalue weighted by molar-refractivity contribution is 0.219. The number of aromatic nitrogens is 1. The average Bonchev–Trinajstić information content (AvgIpc) is 2.74. The molecule has 1 atom stereocenters. The highest BCUT2D eigenvalue weighted by atomic mass is 79.9. The van der Waals surface area contributed by atoms with Crippen LogP contribution in [0.15, 0.2) is 45.6 Å². The number of hydrogen-bond donors (Lipinski definition) is 2. The summed E-state index contributed by atoms with van der Waals surface area (Å²) in [6, 6.07) is 7.60. The second kappa shape index (κ2) is 4.51. The predicted octanol–water partition coefficient (Wildman–Crippen LogP) is 3.62. The molecular weight excluding hydrogens is 322 g/mol. The maximum Gasteiger partial charge on any atom is 0.107 e. The van der Waals surface area contributed by atoms with Gasteiger partial charge in [-0.25, -0.2) is 0 Å². The number of aromatic amines is 1. The van der Waals surface area contributed by atoms with E-state index in [2.05, 4.69) is 36.8 Å². The monoisotopic (exact) mass is 329 g/mol. The van der Waals surface area contributed by atoms with Crippen LogP contribution in [0, 0.1) is 0 Å². The lowest BCUT2D eigenvalue weighted by Gasteiger charge is -2.11. The molecule has 1 aromatic heterocycles. The van der Waals surface area contributed by atoms with E-state index in [-0.39, 0.29) is 0 Å². The van der Waals surface area contributed by atoms with Gasteiger partial charge in [-0.1, -0.05) is 31.9 Å². The molecule has 0 bridgehead atoms. The summed E-state index contributed by atoms with van der Waals surface area (Å²) >= 11 is 6.81. The molecule has 0 saturated carbocycles. The van der Waals surface area contributed by atoms with E-state index in [1.54, 1.807) is 12.4 Å². The van der Waals surface area contributed by atoms with Crippen LogP contribution < -0.4 is 0 Å². The number of rotatable bonds is 2. The minimum atomic E-state index is -0.608. The molecule has 0 amide bonds. The van der Waals surface area contributed by atoms with Crippen molar-refractivity contribution in [3.05, 3.63) is 56.7 Å². The van der Waals surface area contributed by atoms with Gasteiger partial charge in [-0.2, -0.15) is 0 Å². The van der Waals surface area contributed by atoms with Gasteiger partial charge in [-0.3, -0.25) is 0 Å². The van der Waals surface area contributed by atoms with E-state index < -0.39 is 6.10 Å². The largest absolute Gasteiger partial charge is 0.384 e. The minimum Gasteiger partial charge on any atom is -0.384 e. The summed E-state index contributed by atoms with van der Waals surface area (Å²) in [5, 5.41) is 10.1.